The van der Waals surface area contributed by atoms with Crippen LogP contribution in [0.2, 0.25) is 0 Å². The molecule has 0 radical (unpaired) electrons. The van der Waals surface area contributed by atoms with Gasteiger partial charge in [0.25, 0.3) is 0 Å². The van der Waals surface area contributed by atoms with E-state index in [9.17, 15) is 0 Å². The topological polar surface area (TPSA) is 35.2 Å². The van der Waals surface area contributed by atoms with Crippen LogP contribution in [-0.4, -0.2) is 6.23 Å². The number of nitrogens with two attached hydrogens (primary N) is 1. The van der Waals surface area contributed by atoms with Gasteiger partial charge in [-0.05, 0) is 46.7 Å². The third-order valence-electron chi connectivity index (χ3n) is 4.39. The van der Waals surface area contributed by atoms with Gasteiger partial charge in [-0.25, -0.2) is 0 Å². The minimum absolute atomic E-state index is 0.283. The van der Waals surface area contributed by atoms with Crippen molar-refractivity contribution in [3.8, 4) is 22.3 Å². The summed E-state index contributed by atoms with van der Waals surface area (Å²) in [5.74, 6) is 0. The summed E-state index contributed by atoms with van der Waals surface area (Å²) in [7, 11) is 0. The van der Waals surface area contributed by atoms with Crippen molar-refractivity contribution in [1.29, 1.82) is 0 Å². The van der Waals surface area contributed by atoms with Gasteiger partial charge in [0.05, 0.1) is 6.61 Å². The van der Waals surface area contributed by atoms with E-state index in [-0.39, 0.29) is 6.23 Å². The second-order valence-corrected chi connectivity index (χ2v) is 6.24. The normalized spacial score (nSPS) is 12.1. The van der Waals surface area contributed by atoms with Crippen LogP contribution in [-0.2, 0) is 17.8 Å². The molecule has 0 aliphatic carbocycles. The van der Waals surface area contributed by atoms with Crippen LogP contribution in [0.25, 0.3) is 22.3 Å². The van der Waals surface area contributed by atoms with E-state index in [0.29, 0.717) is 6.61 Å². The molecule has 0 bridgehead atoms. The molecule has 0 aliphatic heterocycles. The highest BCUT2D eigenvalue weighted by Crippen LogP contribution is 2.38. The molecule has 2 heteroatoms. The van der Waals surface area contributed by atoms with Crippen LogP contribution in [0.3, 0.4) is 0 Å². The Labute approximate surface area is 150 Å². The fourth-order valence-corrected chi connectivity index (χ4v) is 3.19. The van der Waals surface area contributed by atoms with Crippen molar-refractivity contribution < 1.29 is 4.74 Å². The molecular formula is C23H25NO. The van der Waals surface area contributed by atoms with E-state index in [1.807, 2.05) is 13.0 Å². The highest BCUT2D eigenvalue weighted by Gasteiger charge is 2.16. The lowest BCUT2D eigenvalue weighted by molar-refractivity contribution is 0.0579. The molecule has 25 heavy (non-hydrogen) atoms. The van der Waals surface area contributed by atoms with Crippen molar-refractivity contribution in [3.63, 3.8) is 0 Å². The van der Waals surface area contributed by atoms with Gasteiger partial charge in [-0.3, -0.25) is 0 Å². The van der Waals surface area contributed by atoms with Crippen LogP contribution in [0.5, 0.6) is 0 Å². The number of hydrogen-bond acceptors (Lipinski definition) is 2. The van der Waals surface area contributed by atoms with Gasteiger partial charge in [0.15, 0.2) is 0 Å². The first kappa shape index (κ1) is 17.4. The number of hydrogen-bond donors (Lipinski definition) is 1. The highest BCUT2D eigenvalue weighted by molar-refractivity contribution is 5.88. The Hall–Kier alpha value is -2.42. The Bertz CT molecular complexity index is 810. The zero-order chi connectivity index (χ0) is 17.6. The fraction of sp³-hybridized carbons (Fsp3) is 0.217. The van der Waals surface area contributed by atoms with Gasteiger partial charge in [0, 0.05) is 0 Å². The molecule has 0 heterocycles. The molecule has 1 unspecified atom stereocenters. The summed E-state index contributed by atoms with van der Waals surface area (Å²) >= 11 is 0. The maximum absolute atomic E-state index is 5.81. The molecule has 3 aromatic carbocycles. The quantitative estimate of drug-likeness (QED) is 0.613. The van der Waals surface area contributed by atoms with E-state index in [1.165, 1.54) is 33.4 Å². The van der Waals surface area contributed by atoms with E-state index < -0.39 is 0 Å². The van der Waals surface area contributed by atoms with Crippen molar-refractivity contribution in [1.82, 2.24) is 0 Å². The van der Waals surface area contributed by atoms with Crippen molar-refractivity contribution in [3.05, 3.63) is 83.9 Å². The lowest BCUT2D eigenvalue weighted by atomic mass is 9.86. The number of benzene rings is 3. The molecule has 2 N–H and O–H groups in total. The van der Waals surface area contributed by atoms with Crippen molar-refractivity contribution in [2.45, 2.75) is 33.1 Å². The molecule has 0 amide bonds. The standard InChI is InChI=1S/C23H25NO/c1-3-18-14-15-21(16-25-17(2)24)23(20-12-8-5-9-13-20)22(18)19-10-6-4-7-11-19/h4-15,17H,3,16,24H2,1-2H3. The number of aryl methyl sites for hydroxylation is 1. The predicted molar refractivity (Wildman–Crippen MR) is 105 cm³/mol. The smallest absolute Gasteiger partial charge is 0.103 e. The monoisotopic (exact) mass is 331 g/mol. The van der Waals surface area contributed by atoms with Gasteiger partial charge < -0.3 is 10.5 Å². The zero-order valence-corrected chi connectivity index (χ0v) is 14.9. The van der Waals surface area contributed by atoms with E-state index in [2.05, 4.69) is 73.7 Å². The van der Waals surface area contributed by atoms with Crippen molar-refractivity contribution >= 4 is 0 Å². The van der Waals surface area contributed by atoms with Crippen LogP contribution in [0.4, 0.5) is 0 Å². The number of ether oxygens (including phenoxy) is 1. The van der Waals surface area contributed by atoms with Gasteiger partial charge in [0.2, 0.25) is 0 Å². The van der Waals surface area contributed by atoms with E-state index in [4.69, 9.17) is 10.5 Å². The number of rotatable bonds is 6. The second-order valence-electron chi connectivity index (χ2n) is 6.24. The predicted octanol–water partition coefficient (Wildman–Crippen LogP) is 5.40. The van der Waals surface area contributed by atoms with E-state index in [0.717, 1.165) is 6.42 Å². The first-order valence-corrected chi connectivity index (χ1v) is 8.83. The lowest BCUT2D eigenvalue weighted by Gasteiger charge is -2.20. The van der Waals surface area contributed by atoms with Crippen LogP contribution in [0.15, 0.2) is 72.8 Å². The summed E-state index contributed by atoms with van der Waals surface area (Å²) in [5, 5.41) is 0. The summed E-state index contributed by atoms with van der Waals surface area (Å²) < 4.78 is 5.73. The van der Waals surface area contributed by atoms with Crippen molar-refractivity contribution in [2.75, 3.05) is 0 Å². The summed E-state index contributed by atoms with van der Waals surface area (Å²) in [6.07, 6.45) is 0.702. The van der Waals surface area contributed by atoms with Gasteiger partial charge >= 0.3 is 0 Å². The molecule has 0 aromatic heterocycles. The Kier molecular flexibility index (Phi) is 5.64. The third kappa shape index (κ3) is 3.98. The molecule has 0 saturated carbocycles. The maximum Gasteiger partial charge on any atom is 0.103 e. The third-order valence-corrected chi connectivity index (χ3v) is 4.39. The minimum atomic E-state index is -0.283. The van der Waals surface area contributed by atoms with Gasteiger partial charge in [-0.2, -0.15) is 0 Å². The molecule has 3 aromatic rings. The summed E-state index contributed by atoms with van der Waals surface area (Å²) in [5.41, 5.74) is 13.3. The summed E-state index contributed by atoms with van der Waals surface area (Å²) in [6.45, 7) is 4.57. The SMILES string of the molecule is CCc1ccc(COC(C)N)c(-c2ccccc2)c1-c1ccccc1. The molecule has 2 nitrogen and oxygen atoms in total. The molecular weight excluding hydrogens is 306 g/mol. The Balaban J connectivity index is 2.24. The Morgan fingerprint density at radius 3 is 1.72 bits per heavy atom. The van der Waals surface area contributed by atoms with Gasteiger partial charge in [0.1, 0.15) is 6.23 Å². The van der Waals surface area contributed by atoms with Gasteiger partial charge in [-0.15, -0.1) is 0 Å². The van der Waals surface area contributed by atoms with Crippen LogP contribution in [0, 0.1) is 0 Å². The maximum atomic E-state index is 5.81. The molecule has 0 aliphatic rings. The first-order chi connectivity index (χ1) is 12.2. The molecule has 0 saturated heterocycles. The van der Waals surface area contributed by atoms with Gasteiger partial charge in [-0.1, -0.05) is 79.7 Å². The van der Waals surface area contributed by atoms with E-state index >= 15 is 0 Å². The summed E-state index contributed by atoms with van der Waals surface area (Å²) in [4.78, 5) is 0. The average Bonchev–Trinajstić information content (AvgIpc) is 2.66. The molecule has 3 rings (SSSR count). The second kappa shape index (κ2) is 8.11. The van der Waals surface area contributed by atoms with Crippen LogP contribution >= 0.6 is 0 Å². The largest absolute Gasteiger partial charge is 0.359 e. The Morgan fingerprint density at radius 1 is 0.760 bits per heavy atom. The highest BCUT2D eigenvalue weighted by atomic mass is 16.5. The zero-order valence-electron chi connectivity index (χ0n) is 14.9. The molecule has 0 fully saturated rings. The Morgan fingerprint density at radius 2 is 1.24 bits per heavy atom. The average molecular weight is 331 g/mol. The fourth-order valence-electron chi connectivity index (χ4n) is 3.19. The van der Waals surface area contributed by atoms with Crippen molar-refractivity contribution in [2.24, 2.45) is 5.73 Å². The minimum Gasteiger partial charge on any atom is -0.359 e. The molecule has 0 spiro atoms. The van der Waals surface area contributed by atoms with E-state index in [1.54, 1.807) is 0 Å². The molecule has 1 atom stereocenters. The summed E-state index contributed by atoms with van der Waals surface area (Å²) in [6, 6.07) is 25.5. The van der Waals surface area contributed by atoms with Crippen LogP contribution < -0.4 is 5.73 Å². The first-order valence-electron chi connectivity index (χ1n) is 8.83. The molecule has 128 valence electrons. The lowest BCUT2D eigenvalue weighted by Crippen LogP contribution is -2.19. The van der Waals surface area contributed by atoms with Crippen LogP contribution in [0.1, 0.15) is 25.0 Å².